The van der Waals surface area contributed by atoms with Gasteiger partial charge in [0.1, 0.15) is 28.3 Å². The third kappa shape index (κ3) is 5.69. The molecule has 0 bridgehead atoms. The average Bonchev–Trinajstić information content (AvgIpc) is 3.35. The number of amides is 1. The number of halogens is 1. The van der Waals surface area contributed by atoms with Crippen LogP contribution in [-0.2, 0) is 17.8 Å². The van der Waals surface area contributed by atoms with Crippen LogP contribution in [0.3, 0.4) is 0 Å². The predicted molar refractivity (Wildman–Crippen MR) is 143 cm³/mol. The number of hydrogen-bond acceptors (Lipinski definition) is 6. The molecule has 2 heterocycles. The highest BCUT2D eigenvalue weighted by Gasteiger charge is 2.32. The fourth-order valence-electron chi connectivity index (χ4n) is 4.91. The van der Waals surface area contributed by atoms with Crippen molar-refractivity contribution in [2.24, 2.45) is 0 Å². The lowest BCUT2D eigenvalue weighted by Gasteiger charge is -2.44. The first-order valence-electron chi connectivity index (χ1n) is 12.9. The molecule has 2 atom stereocenters. The van der Waals surface area contributed by atoms with Crippen LogP contribution in [0.4, 0.5) is 4.39 Å². The molecule has 38 heavy (non-hydrogen) atoms. The van der Waals surface area contributed by atoms with Crippen molar-refractivity contribution in [3.63, 3.8) is 0 Å². The van der Waals surface area contributed by atoms with Crippen molar-refractivity contribution in [2.45, 2.75) is 38.9 Å². The van der Waals surface area contributed by atoms with Gasteiger partial charge in [0.15, 0.2) is 6.61 Å². The number of benzene rings is 3. The van der Waals surface area contributed by atoms with Gasteiger partial charge in [-0.2, -0.15) is 0 Å². The molecular formula is C29H32FN5O3. The molecule has 0 spiro atoms. The smallest absolute Gasteiger partial charge is 0.260 e. The number of hydrogen-bond donors (Lipinski definition) is 1. The molecule has 5 rings (SSSR count). The Morgan fingerprint density at radius 1 is 0.974 bits per heavy atom. The van der Waals surface area contributed by atoms with E-state index in [-0.39, 0.29) is 37.0 Å². The lowest BCUT2D eigenvalue weighted by Crippen LogP contribution is -2.58. The maximum Gasteiger partial charge on any atom is 0.260 e. The topological polar surface area (TPSA) is 83.7 Å². The van der Waals surface area contributed by atoms with Gasteiger partial charge < -0.3 is 14.7 Å². The van der Waals surface area contributed by atoms with Gasteiger partial charge in [-0.05, 0) is 67.8 Å². The zero-order valence-corrected chi connectivity index (χ0v) is 21.6. The molecule has 3 aromatic carbocycles. The van der Waals surface area contributed by atoms with E-state index in [0.29, 0.717) is 30.9 Å². The Kier molecular flexibility index (Phi) is 7.67. The van der Waals surface area contributed by atoms with Gasteiger partial charge >= 0.3 is 0 Å². The fraction of sp³-hybridized carbons (Fsp3) is 0.345. The Labute approximate surface area is 221 Å². The largest absolute Gasteiger partial charge is 0.481 e. The number of fused-ring (bicyclic) bond motifs is 1. The van der Waals surface area contributed by atoms with Crippen LogP contribution >= 0.6 is 0 Å². The molecule has 1 amide bonds. The van der Waals surface area contributed by atoms with Crippen molar-refractivity contribution < 1.29 is 19.0 Å². The number of carbonyl (C=O) groups excluding carboxylic acids is 1. The van der Waals surface area contributed by atoms with Crippen molar-refractivity contribution in [1.82, 2.24) is 24.8 Å². The summed E-state index contributed by atoms with van der Waals surface area (Å²) in [5.41, 5.74) is 4.09. The first-order chi connectivity index (χ1) is 18.4. The standard InChI is InChI=1S/C29H32FN5O3/c1-20-17-34(21(2)16-33(20)18-23-7-10-24(30)11-8-23)29(37)19-38-28-12-9-22(13-14-36)15-27(28)35-31-25-5-3-4-6-26(25)32-35/h3-12,15,20-21,36H,13-14,16-19H2,1-2H3. The summed E-state index contributed by atoms with van der Waals surface area (Å²) >= 11 is 0. The van der Waals surface area contributed by atoms with Crippen LogP contribution in [0.5, 0.6) is 5.75 Å². The van der Waals surface area contributed by atoms with Crippen LogP contribution in [0.15, 0.2) is 66.7 Å². The normalized spacial score (nSPS) is 18.2. The number of aromatic nitrogens is 3. The highest BCUT2D eigenvalue weighted by molar-refractivity contribution is 5.78. The zero-order chi connectivity index (χ0) is 26.6. The first kappa shape index (κ1) is 25.8. The third-order valence-corrected chi connectivity index (χ3v) is 7.01. The number of aliphatic hydroxyl groups is 1. The van der Waals surface area contributed by atoms with E-state index in [0.717, 1.165) is 28.7 Å². The number of aliphatic hydroxyl groups excluding tert-OH is 1. The number of piperazine rings is 1. The van der Waals surface area contributed by atoms with Gasteiger partial charge in [0, 0.05) is 38.3 Å². The molecule has 1 fully saturated rings. The lowest BCUT2D eigenvalue weighted by molar-refractivity contribution is -0.139. The molecule has 1 aliphatic heterocycles. The van der Waals surface area contributed by atoms with Crippen molar-refractivity contribution in [3.8, 4) is 11.4 Å². The monoisotopic (exact) mass is 517 g/mol. The van der Waals surface area contributed by atoms with Crippen molar-refractivity contribution in [1.29, 1.82) is 0 Å². The molecule has 0 aliphatic carbocycles. The number of ether oxygens (including phenoxy) is 1. The van der Waals surface area contributed by atoms with E-state index in [1.54, 1.807) is 18.2 Å². The van der Waals surface area contributed by atoms with Gasteiger partial charge in [0.05, 0.1) is 0 Å². The Morgan fingerprint density at radius 3 is 2.34 bits per heavy atom. The summed E-state index contributed by atoms with van der Waals surface area (Å²) in [5.74, 6) is 0.166. The molecule has 0 saturated carbocycles. The highest BCUT2D eigenvalue weighted by Crippen LogP contribution is 2.26. The van der Waals surface area contributed by atoms with Crippen LogP contribution in [0.25, 0.3) is 16.7 Å². The van der Waals surface area contributed by atoms with Crippen LogP contribution in [0.2, 0.25) is 0 Å². The minimum Gasteiger partial charge on any atom is -0.481 e. The average molecular weight is 518 g/mol. The van der Waals surface area contributed by atoms with E-state index >= 15 is 0 Å². The second kappa shape index (κ2) is 11.3. The van der Waals surface area contributed by atoms with Crippen LogP contribution in [0.1, 0.15) is 25.0 Å². The molecule has 1 aliphatic rings. The molecule has 9 heteroatoms. The van der Waals surface area contributed by atoms with Gasteiger partial charge in [-0.15, -0.1) is 15.0 Å². The van der Waals surface area contributed by atoms with E-state index in [9.17, 15) is 14.3 Å². The lowest BCUT2D eigenvalue weighted by atomic mass is 10.1. The minimum atomic E-state index is -0.242. The molecule has 1 N–H and O–H groups in total. The van der Waals surface area contributed by atoms with Gasteiger partial charge in [-0.25, -0.2) is 4.39 Å². The summed E-state index contributed by atoms with van der Waals surface area (Å²) in [6.45, 7) is 6.06. The Bertz CT molecular complexity index is 1370. The second-order valence-corrected chi connectivity index (χ2v) is 9.84. The Balaban J connectivity index is 1.28. The molecule has 8 nitrogen and oxygen atoms in total. The van der Waals surface area contributed by atoms with Gasteiger partial charge in [0.25, 0.3) is 5.91 Å². The molecular weight excluding hydrogens is 485 g/mol. The van der Waals surface area contributed by atoms with E-state index in [1.165, 1.54) is 16.9 Å². The highest BCUT2D eigenvalue weighted by atomic mass is 19.1. The van der Waals surface area contributed by atoms with Gasteiger partial charge in [0.2, 0.25) is 0 Å². The molecule has 198 valence electrons. The van der Waals surface area contributed by atoms with Crippen molar-refractivity contribution in [2.75, 3.05) is 26.3 Å². The number of rotatable bonds is 8. The fourth-order valence-corrected chi connectivity index (χ4v) is 4.91. The van der Waals surface area contributed by atoms with Crippen LogP contribution in [0, 0.1) is 5.82 Å². The summed E-state index contributed by atoms with van der Waals surface area (Å²) in [6, 6.07) is 19.9. The van der Waals surface area contributed by atoms with Crippen molar-refractivity contribution in [3.05, 3.63) is 83.7 Å². The molecule has 2 unspecified atom stereocenters. The molecule has 0 radical (unpaired) electrons. The summed E-state index contributed by atoms with van der Waals surface area (Å²) in [5, 5.41) is 18.6. The van der Waals surface area contributed by atoms with E-state index in [1.807, 2.05) is 48.2 Å². The third-order valence-electron chi connectivity index (χ3n) is 7.01. The van der Waals surface area contributed by atoms with E-state index in [4.69, 9.17) is 4.74 Å². The summed E-state index contributed by atoms with van der Waals surface area (Å²) in [4.78, 5) is 19.0. The predicted octanol–water partition coefficient (Wildman–Crippen LogP) is 3.59. The minimum absolute atomic E-state index is 0.00669. The number of carbonyl (C=O) groups is 1. The number of nitrogens with zero attached hydrogens (tertiary/aromatic N) is 5. The Morgan fingerprint density at radius 2 is 1.66 bits per heavy atom. The van der Waals surface area contributed by atoms with Crippen LogP contribution in [-0.4, -0.2) is 74.2 Å². The van der Waals surface area contributed by atoms with Crippen LogP contribution < -0.4 is 4.74 Å². The maximum atomic E-state index is 13.3. The quantitative estimate of drug-likeness (QED) is 0.385. The zero-order valence-electron chi connectivity index (χ0n) is 21.6. The molecule has 4 aromatic rings. The first-order valence-corrected chi connectivity index (χ1v) is 12.9. The maximum absolute atomic E-state index is 13.3. The van der Waals surface area contributed by atoms with Crippen molar-refractivity contribution >= 4 is 16.9 Å². The summed E-state index contributed by atoms with van der Waals surface area (Å²) in [6.07, 6.45) is 0.491. The molecule has 1 aromatic heterocycles. The van der Waals surface area contributed by atoms with Gasteiger partial charge in [-0.1, -0.05) is 30.3 Å². The summed E-state index contributed by atoms with van der Waals surface area (Å²) in [7, 11) is 0. The second-order valence-electron chi connectivity index (χ2n) is 9.84. The van der Waals surface area contributed by atoms with Gasteiger partial charge in [-0.3, -0.25) is 9.69 Å². The molecule has 1 saturated heterocycles. The Hall–Kier alpha value is -3.82. The van der Waals surface area contributed by atoms with E-state index in [2.05, 4.69) is 22.0 Å². The SMILES string of the molecule is CC1CN(C(=O)COc2ccc(CCO)cc2-n2nc3ccccc3n2)C(C)CN1Cc1ccc(F)cc1. The summed E-state index contributed by atoms with van der Waals surface area (Å²) < 4.78 is 19.3. The van der Waals surface area contributed by atoms with E-state index < -0.39 is 0 Å².